The Hall–Kier alpha value is -1.16. The minimum absolute atomic E-state index is 0.214. The molecule has 4 saturated carbocycles. The molecule has 4 fully saturated rings. The molecule has 22 heavy (non-hydrogen) atoms. The number of hydrogen-bond donors (Lipinski definition) is 1. The van der Waals surface area contributed by atoms with Gasteiger partial charge in [0.25, 0.3) is 5.91 Å². The molecule has 5 rings (SSSR count). The standard InChI is InChI=1S/C17H18ClF2NO/c18-13-2-1-12(14(19)15(13)20)16(22)21-17-6-9-3-10(7-17)5-11(4-9)8-17/h1-2,9-11H,3-8H2,(H,21,22). The Bertz CT molecular complexity index is 611. The van der Waals surface area contributed by atoms with Crippen molar-refractivity contribution in [3.63, 3.8) is 0 Å². The van der Waals surface area contributed by atoms with E-state index in [1.807, 2.05) is 0 Å². The average Bonchev–Trinajstić information content (AvgIpc) is 2.42. The first-order valence-electron chi connectivity index (χ1n) is 7.92. The Kier molecular flexibility index (Phi) is 3.23. The van der Waals surface area contributed by atoms with Crippen molar-refractivity contribution in [3.8, 4) is 0 Å². The summed E-state index contributed by atoms with van der Waals surface area (Å²) in [5.74, 6) is -0.792. The summed E-state index contributed by atoms with van der Waals surface area (Å²) in [5.41, 5.74) is -0.466. The van der Waals surface area contributed by atoms with Crippen LogP contribution in [0.5, 0.6) is 0 Å². The molecule has 0 saturated heterocycles. The van der Waals surface area contributed by atoms with E-state index in [1.54, 1.807) is 0 Å². The van der Waals surface area contributed by atoms with Gasteiger partial charge in [0.05, 0.1) is 10.6 Å². The Morgan fingerprint density at radius 1 is 1.05 bits per heavy atom. The molecule has 2 nitrogen and oxygen atoms in total. The second-order valence-corrected chi connectivity index (χ2v) is 7.78. The summed E-state index contributed by atoms with van der Waals surface area (Å²) >= 11 is 5.54. The van der Waals surface area contributed by atoms with Crippen LogP contribution in [0.25, 0.3) is 0 Å². The molecule has 0 aromatic heterocycles. The lowest BCUT2D eigenvalue weighted by molar-refractivity contribution is -0.0167. The van der Waals surface area contributed by atoms with E-state index >= 15 is 0 Å². The van der Waals surface area contributed by atoms with Gasteiger partial charge in [0.1, 0.15) is 0 Å². The molecule has 4 bridgehead atoms. The second-order valence-electron chi connectivity index (χ2n) is 7.37. The van der Waals surface area contributed by atoms with Crippen LogP contribution in [-0.2, 0) is 0 Å². The van der Waals surface area contributed by atoms with Crippen LogP contribution in [0.1, 0.15) is 48.9 Å². The number of carbonyl (C=O) groups excluding carboxylic acids is 1. The molecular weight excluding hydrogens is 308 g/mol. The first-order chi connectivity index (χ1) is 10.5. The Labute approximate surface area is 133 Å². The maximum absolute atomic E-state index is 14.0. The summed E-state index contributed by atoms with van der Waals surface area (Å²) in [6.07, 6.45) is 6.71. The summed E-state index contributed by atoms with van der Waals surface area (Å²) in [4.78, 5) is 12.5. The molecule has 0 radical (unpaired) electrons. The number of hydrogen-bond acceptors (Lipinski definition) is 1. The third-order valence-corrected chi connectivity index (χ3v) is 5.99. The van der Waals surface area contributed by atoms with Crippen LogP contribution in [0.3, 0.4) is 0 Å². The van der Waals surface area contributed by atoms with Crippen LogP contribution in [-0.4, -0.2) is 11.4 Å². The maximum atomic E-state index is 14.0. The molecule has 0 heterocycles. The lowest BCUT2D eigenvalue weighted by Crippen LogP contribution is -2.59. The van der Waals surface area contributed by atoms with Crippen LogP contribution < -0.4 is 5.32 Å². The van der Waals surface area contributed by atoms with Crippen molar-refractivity contribution in [2.45, 2.75) is 44.1 Å². The Balaban J connectivity index is 1.59. The van der Waals surface area contributed by atoms with Gasteiger partial charge in [-0.2, -0.15) is 0 Å². The monoisotopic (exact) mass is 325 g/mol. The molecule has 0 aliphatic heterocycles. The third kappa shape index (κ3) is 2.23. The zero-order valence-corrected chi connectivity index (χ0v) is 12.9. The van der Waals surface area contributed by atoms with Crippen LogP contribution in [0, 0.1) is 29.4 Å². The SMILES string of the molecule is O=C(NC12CC3CC(CC(C3)C1)C2)c1ccc(Cl)c(F)c1F. The zero-order chi connectivity index (χ0) is 15.5. The van der Waals surface area contributed by atoms with E-state index in [-0.39, 0.29) is 16.1 Å². The lowest BCUT2D eigenvalue weighted by atomic mass is 9.53. The highest BCUT2D eigenvalue weighted by atomic mass is 35.5. The summed E-state index contributed by atoms with van der Waals surface area (Å²) < 4.78 is 27.5. The van der Waals surface area contributed by atoms with Gasteiger partial charge in [-0.3, -0.25) is 4.79 Å². The second kappa shape index (κ2) is 4.92. The highest BCUT2D eigenvalue weighted by Crippen LogP contribution is 2.55. The first-order valence-corrected chi connectivity index (χ1v) is 8.29. The topological polar surface area (TPSA) is 29.1 Å². The minimum Gasteiger partial charge on any atom is -0.346 e. The predicted octanol–water partition coefficient (Wildman–Crippen LogP) is 4.32. The molecule has 118 valence electrons. The van der Waals surface area contributed by atoms with Crippen LogP contribution in [0.4, 0.5) is 8.78 Å². The van der Waals surface area contributed by atoms with Gasteiger partial charge in [0, 0.05) is 5.54 Å². The average molecular weight is 326 g/mol. The van der Waals surface area contributed by atoms with Crippen molar-refractivity contribution in [2.24, 2.45) is 17.8 Å². The van der Waals surface area contributed by atoms with Gasteiger partial charge in [-0.1, -0.05) is 11.6 Å². The fourth-order valence-corrected chi connectivity index (χ4v) is 5.42. The summed E-state index contributed by atoms with van der Waals surface area (Å²) in [7, 11) is 0. The fraction of sp³-hybridized carbons (Fsp3) is 0.588. The molecule has 5 heteroatoms. The van der Waals surface area contributed by atoms with Gasteiger partial charge in [-0.15, -0.1) is 0 Å². The van der Waals surface area contributed by atoms with Gasteiger partial charge in [0.15, 0.2) is 11.6 Å². The van der Waals surface area contributed by atoms with Gasteiger partial charge >= 0.3 is 0 Å². The largest absolute Gasteiger partial charge is 0.346 e. The van der Waals surface area contributed by atoms with Gasteiger partial charge < -0.3 is 5.32 Å². The van der Waals surface area contributed by atoms with Crippen LogP contribution in [0.15, 0.2) is 12.1 Å². The highest BCUT2D eigenvalue weighted by molar-refractivity contribution is 6.30. The quantitative estimate of drug-likeness (QED) is 0.806. The van der Waals surface area contributed by atoms with E-state index in [1.165, 1.54) is 31.4 Å². The number of carbonyl (C=O) groups is 1. The number of halogens is 3. The molecule has 4 aliphatic carbocycles. The smallest absolute Gasteiger partial charge is 0.254 e. The van der Waals surface area contributed by atoms with Crippen molar-refractivity contribution in [2.75, 3.05) is 0 Å². The van der Waals surface area contributed by atoms with E-state index in [9.17, 15) is 13.6 Å². The Morgan fingerprint density at radius 3 is 2.14 bits per heavy atom. The fourth-order valence-electron chi connectivity index (χ4n) is 5.27. The van der Waals surface area contributed by atoms with Gasteiger partial charge in [-0.25, -0.2) is 8.78 Å². The zero-order valence-electron chi connectivity index (χ0n) is 12.2. The van der Waals surface area contributed by atoms with Crippen molar-refractivity contribution < 1.29 is 13.6 Å². The molecule has 0 spiro atoms. The van der Waals surface area contributed by atoms with Crippen LogP contribution >= 0.6 is 11.6 Å². The van der Waals surface area contributed by atoms with E-state index in [2.05, 4.69) is 5.32 Å². The summed E-state index contributed by atoms with van der Waals surface area (Å²) in [6.45, 7) is 0. The van der Waals surface area contributed by atoms with E-state index < -0.39 is 17.5 Å². The highest BCUT2D eigenvalue weighted by Gasteiger charge is 2.51. The minimum atomic E-state index is -1.16. The lowest BCUT2D eigenvalue weighted by Gasteiger charge is -2.56. The van der Waals surface area contributed by atoms with E-state index in [0.29, 0.717) is 17.8 Å². The number of rotatable bonds is 2. The van der Waals surface area contributed by atoms with E-state index in [0.717, 1.165) is 19.3 Å². The van der Waals surface area contributed by atoms with Gasteiger partial charge in [-0.05, 0) is 68.4 Å². The molecule has 1 amide bonds. The molecule has 0 atom stereocenters. The van der Waals surface area contributed by atoms with Crippen LogP contribution in [0.2, 0.25) is 5.02 Å². The van der Waals surface area contributed by atoms with Crippen molar-refractivity contribution in [3.05, 3.63) is 34.4 Å². The molecule has 1 aromatic rings. The number of amides is 1. The number of nitrogens with one attached hydrogen (secondary N) is 1. The maximum Gasteiger partial charge on any atom is 0.254 e. The third-order valence-electron chi connectivity index (χ3n) is 5.70. The normalized spacial score (nSPS) is 35.7. The summed E-state index contributed by atoms with van der Waals surface area (Å²) in [6, 6.07) is 2.49. The molecular formula is C17H18ClF2NO. The molecule has 1 aromatic carbocycles. The summed E-state index contributed by atoms with van der Waals surface area (Å²) in [5, 5.41) is 2.74. The van der Waals surface area contributed by atoms with E-state index in [4.69, 9.17) is 11.6 Å². The van der Waals surface area contributed by atoms with Crippen molar-refractivity contribution in [1.29, 1.82) is 0 Å². The number of benzene rings is 1. The van der Waals surface area contributed by atoms with Crippen molar-refractivity contribution >= 4 is 17.5 Å². The molecule has 0 unspecified atom stereocenters. The van der Waals surface area contributed by atoms with Crippen molar-refractivity contribution in [1.82, 2.24) is 5.32 Å². The Morgan fingerprint density at radius 2 is 1.59 bits per heavy atom. The molecule has 1 N–H and O–H groups in total. The van der Waals surface area contributed by atoms with Gasteiger partial charge in [0.2, 0.25) is 0 Å². The predicted molar refractivity (Wildman–Crippen MR) is 79.7 cm³/mol. The molecule has 4 aliphatic rings. The first kappa shape index (κ1) is 14.4.